The summed E-state index contributed by atoms with van der Waals surface area (Å²) in [5, 5.41) is 8.78. The molecular formula is C17H18ClN3O2. The van der Waals surface area contributed by atoms with Gasteiger partial charge in [-0.2, -0.15) is 0 Å². The van der Waals surface area contributed by atoms with Crippen LogP contribution in [0.4, 0.5) is 16.2 Å². The van der Waals surface area contributed by atoms with Crippen LogP contribution in [0.15, 0.2) is 48.5 Å². The van der Waals surface area contributed by atoms with Crippen LogP contribution in [0.5, 0.6) is 0 Å². The van der Waals surface area contributed by atoms with Crippen molar-refractivity contribution in [2.24, 2.45) is 0 Å². The van der Waals surface area contributed by atoms with Gasteiger partial charge in [0.25, 0.3) is 5.91 Å². The molecule has 3 N–H and O–H groups in total. The number of carbonyl (C=O) groups is 2. The predicted molar refractivity (Wildman–Crippen MR) is 93.1 cm³/mol. The Morgan fingerprint density at radius 1 is 0.957 bits per heavy atom. The highest BCUT2D eigenvalue weighted by molar-refractivity contribution is 6.30. The van der Waals surface area contributed by atoms with Crippen LogP contribution >= 0.6 is 11.6 Å². The van der Waals surface area contributed by atoms with Crippen LogP contribution in [-0.4, -0.2) is 18.0 Å². The summed E-state index contributed by atoms with van der Waals surface area (Å²) in [6.45, 7) is 3.78. The van der Waals surface area contributed by atoms with Gasteiger partial charge in [0.1, 0.15) is 0 Å². The monoisotopic (exact) mass is 331 g/mol. The first kappa shape index (κ1) is 16.8. The molecule has 0 saturated carbocycles. The standard InChI is InChI=1S/C17H18ClN3O2/c1-11(2)19-16(22)12-4-3-5-15(10-12)21-17(23)20-14-8-6-13(18)7-9-14/h3-11H,1-2H3,(H,19,22)(H2,20,21,23). The highest BCUT2D eigenvalue weighted by Gasteiger charge is 2.09. The van der Waals surface area contributed by atoms with Gasteiger partial charge >= 0.3 is 6.03 Å². The van der Waals surface area contributed by atoms with Crippen LogP contribution in [0.2, 0.25) is 5.02 Å². The van der Waals surface area contributed by atoms with E-state index in [0.29, 0.717) is 22.0 Å². The van der Waals surface area contributed by atoms with Crippen LogP contribution in [0.3, 0.4) is 0 Å². The second-order valence-corrected chi connectivity index (χ2v) is 5.73. The summed E-state index contributed by atoms with van der Waals surface area (Å²) in [4.78, 5) is 23.9. The van der Waals surface area contributed by atoms with Gasteiger partial charge < -0.3 is 16.0 Å². The predicted octanol–water partition coefficient (Wildman–Crippen LogP) is 4.12. The first-order chi connectivity index (χ1) is 10.9. The van der Waals surface area contributed by atoms with Gasteiger partial charge in [-0.3, -0.25) is 4.79 Å². The lowest BCUT2D eigenvalue weighted by molar-refractivity contribution is 0.0943. The Balaban J connectivity index is 2.00. The first-order valence-corrected chi connectivity index (χ1v) is 7.56. The van der Waals surface area contributed by atoms with Gasteiger partial charge in [-0.1, -0.05) is 17.7 Å². The summed E-state index contributed by atoms with van der Waals surface area (Å²) < 4.78 is 0. The zero-order valence-corrected chi connectivity index (χ0v) is 13.6. The molecule has 0 saturated heterocycles. The Morgan fingerprint density at radius 3 is 2.26 bits per heavy atom. The molecule has 0 heterocycles. The van der Waals surface area contributed by atoms with Crippen molar-refractivity contribution in [3.63, 3.8) is 0 Å². The van der Waals surface area contributed by atoms with E-state index in [1.165, 1.54) is 0 Å². The van der Waals surface area contributed by atoms with Crippen LogP contribution in [0.1, 0.15) is 24.2 Å². The highest BCUT2D eigenvalue weighted by Crippen LogP contribution is 2.15. The van der Waals surface area contributed by atoms with Crippen LogP contribution in [-0.2, 0) is 0 Å². The van der Waals surface area contributed by atoms with Crippen molar-refractivity contribution >= 4 is 34.9 Å². The molecule has 120 valence electrons. The zero-order valence-electron chi connectivity index (χ0n) is 12.9. The van der Waals surface area contributed by atoms with Gasteiger partial charge in [0.15, 0.2) is 0 Å². The van der Waals surface area contributed by atoms with Gasteiger partial charge in [-0.25, -0.2) is 4.79 Å². The Kier molecular flexibility index (Phi) is 5.60. The molecule has 0 radical (unpaired) electrons. The number of anilines is 2. The van der Waals surface area contributed by atoms with E-state index in [1.807, 2.05) is 13.8 Å². The van der Waals surface area contributed by atoms with Crippen molar-refractivity contribution < 1.29 is 9.59 Å². The molecule has 0 aliphatic carbocycles. The van der Waals surface area contributed by atoms with Crippen LogP contribution in [0, 0.1) is 0 Å². The number of nitrogens with one attached hydrogen (secondary N) is 3. The van der Waals surface area contributed by atoms with E-state index in [4.69, 9.17) is 11.6 Å². The second kappa shape index (κ2) is 7.65. The van der Waals surface area contributed by atoms with Crippen LogP contribution in [0.25, 0.3) is 0 Å². The molecule has 0 aliphatic rings. The summed E-state index contributed by atoms with van der Waals surface area (Å²) in [5.41, 5.74) is 1.65. The number of halogens is 1. The van der Waals surface area contributed by atoms with E-state index in [1.54, 1.807) is 48.5 Å². The Hall–Kier alpha value is -2.53. The van der Waals surface area contributed by atoms with Crippen molar-refractivity contribution in [3.8, 4) is 0 Å². The lowest BCUT2D eigenvalue weighted by atomic mass is 10.2. The summed E-state index contributed by atoms with van der Waals surface area (Å²) >= 11 is 5.79. The Morgan fingerprint density at radius 2 is 1.61 bits per heavy atom. The molecular weight excluding hydrogens is 314 g/mol. The molecule has 0 unspecified atom stereocenters. The quantitative estimate of drug-likeness (QED) is 0.788. The van der Waals surface area contributed by atoms with Crippen molar-refractivity contribution in [1.29, 1.82) is 0 Å². The average Bonchev–Trinajstić information content (AvgIpc) is 2.49. The lowest BCUT2D eigenvalue weighted by Gasteiger charge is -2.11. The molecule has 2 rings (SSSR count). The Bertz CT molecular complexity index is 699. The number of urea groups is 1. The summed E-state index contributed by atoms with van der Waals surface area (Å²) in [6.07, 6.45) is 0. The van der Waals surface area contributed by atoms with E-state index >= 15 is 0 Å². The van der Waals surface area contributed by atoms with Crippen molar-refractivity contribution in [3.05, 3.63) is 59.1 Å². The summed E-state index contributed by atoms with van der Waals surface area (Å²) in [7, 11) is 0. The number of benzene rings is 2. The first-order valence-electron chi connectivity index (χ1n) is 7.18. The molecule has 0 bridgehead atoms. The molecule has 0 atom stereocenters. The van der Waals surface area contributed by atoms with Gasteiger partial charge in [0.2, 0.25) is 0 Å². The topological polar surface area (TPSA) is 70.2 Å². The highest BCUT2D eigenvalue weighted by atomic mass is 35.5. The molecule has 6 heteroatoms. The minimum absolute atomic E-state index is 0.0484. The molecule has 0 aliphatic heterocycles. The SMILES string of the molecule is CC(C)NC(=O)c1cccc(NC(=O)Nc2ccc(Cl)cc2)c1. The third kappa shape index (κ3) is 5.30. The molecule has 2 aromatic carbocycles. The number of amides is 3. The third-order valence-corrected chi connectivity index (χ3v) is 3.16. The maximum atomic E-state index is 12.0. The van der Waals surface area contributed by atoms with E-state index < -0.39 is 6.03 Å². The third-order valence-electron chi connectivity index (χ3n) is 2.90. The van der Waals surface area contributed by atoms with E-state index in [2.05, 4.69) is 16.0 Å². The van der Waals surface area contributed by atoms with Crippen molar-refractivity contribution in [2.75, 3.05) is 10.6 Å². The van der Waals surface area contributed by atoms with Gasteiger partial charge in [-0.05, 0) is 56.3 Å². The second-order valence-electron chi connectivity index (χ2n) is 5.29. The fourth-order valence-corrected chi connectivity index (χ4v) is 2.04. The van der Waals surface area contributed by atoms with Crippen molar-refractivity contribution in [1.82, 2.24) is 5.32 Å². The van der Waals surface area contributed by atoms with Gasteiger partial charge in [0, 0.05) is 28.0 Å². The fourth-order valence-electron chi connectivity index (χ4n) is 1.91. The summed E-state index contributed by atoms with van der Waals surface area (Å²) in [6, 6.07) is 13.2. The zero-order chi connectivity index (χ0) is 16.8. The van der Waals surface area contributed by atoms with E-state index in [0.717, 1.165) is 0 Å². The van der Waals surface area contributed by atoms with Crippen molar-refractivity contribution in [2.45, 2.75) is 19.9 Å². The van der Waals surface area contributed by atoms with E-state index in [9.17, 15) is 9.59 Å². The number of hydrogen-bond donors (Lipinski definition) is 3. The minimum atomic E-state index is -0.395. The van der Waals surface area contributed by atoms with Gasteiger partial charge in [-0.15, -0.1) is 0 Å². The maximum Gasteiger partial charge on any atom is 0.323 e. The largest absolute Gasteiger partial charge is 0.350 e. The normalized spacial score (nSPS) is 10.3. The summed E-state index contributed by atoms with van der Waals surface area (Å²) in [5.74, 6) is -0.179. The smallest absolute Gasteiger partial charge is 0.323 e. The number of hydrogen-bond acceptors (Lipinski definition) is 2. The molecule has 0 fully saturated rings. The molecule has 0 aromatic heterocycles. The Labute approximate surface area is 140 Å². The molecule has 3 amide bonds. The van der Waals surface area contributed by atoms with E-state index in [-0.39, 0.29) is 11.9 Å². The molecule has 23 heavy (non-hydrogen) atoms. The minimum Gasteiger partial charge on any atom is -0.350 e. The average molecular weight is 332 g/mol. The molecule has 5 nitrogen and oxygen atoms in total. The van der Waals surface area contributed by atoms with Gasteiger partial charge in [0.05, 0.1) is 0 Å². The fraction of sp³-hybridized carbons (Fsp3) is 0.176. The number of rotatable bonds is 4. The molecule has 2 aromatic rings. The lowest BCUT2D eigenvalue weighted by Crippen LogP contribution is -2.30. The van der Waals surface area contributed by atoms with Crippen LogP contribution < -0.4 is 16.0 Å². The maximum absolute atomic E-state index is 12.0. The number of carbonyl (C=O) groups excluding carboxylic acids is 2. The molecule has 0 spiro atoms.